The first-order valence-electron chi connectivity index (χ1n) is 8.86. The van der Waals surface area contributed by atoms with Gasteiger partial charge in [-0.3, -0.25) is 4.21 Å². The van der Waals surface area contributed by atoms with Crippen LogP contribution in [0, 0.1) is 0 Å². The van der Waals surface area contributed by atoms with Crippen molar-refractivity contribution in [1.29, 1.82) is 0 Å². The van der Waals surface area contributed by atoms with Crippen molar-refractivity contribution in [3.63, 3.8) is 0 Å². The van der Waals surface area contributed by atoms with Gasteiger partial charge in [0, 0.05) is 23.7 Å². The Balaban J connectivity index is 1.73. The highest BCUT2D eigenvalue weighted by atomic mass is 32.2. The quantitative estimate of drug-likeness (QED) is 0.517. The van der Waals surface area contributed by atoms with E-state index in [0.29, 0.717) is 0 Å². The second kappa shape index (κ2) is 11.3. The molecular formula is C18H30O4S2. The zero-order valence-electron chi connectivity index (χ0n) is 14.8. The molecule has 1 aromatic rings. The maximum Gasteiger partial charge on any atom is 0.158 e. The molecule has 6 heteroatoms. The van der Waals surface area contributed by atoms with Gasteiger partial charge in [0.1, 0.15) is 11.9 Å². The summed E-state index contributed by atoms with van der Waals surface area (Å²) < 4.78 is 29.2. The summed E-state index contributed by atoms with van der Waals surface area (Å²) >= 11 is 1.71. The topological polar surface area (TPSA) is 48.7 Å². The second-order valence-corrected chi connectivity index (χ2v) is 9.14. The highest BCUT2D eigenvalue weighted by molar-refractivity contribution is 8.10. The summed E-state index contributed by atoms with van der Waals surface area (Å²) in [6, 6.07) is 3.89. The van der Waals surface area contributed by atoms with Gasteiger partial charge in [-0.2, -0.15) is 0 Å². The third kappa shape index (κ3) is 6.90. The van der Waals surface area contributed by atoms with E-state index in [2.05, 4.69) is 0 Å². The minimum atomic E-state index is -0.740. The van der Waals surface area contributed by atoms with Gasteiger partial charge in [-0.05, 0) is 50.5 Å². The Morgan fingerprint density at radius 3 is 2.79 bits per heavy atom. The van der Waals surface area contributed by atoms with Gasteiger partial charge in [0.25, 0.3) is 0 Å². The molecule has 1 aliphatic rings. The number of hydrogen-bond donors (Lipinski definition) is 0. The predicted molar refractivity (Wildman–Crippen MR) is 101 cm³/mol. The zero-order valence-corrected chi connectivity index (χ0v) is 16.4. The SMILES string of the molecule is CSC(CCCCCC(OC1CCCCO1)c1ccco1)S(C)=O. The fourth-order valence-electron chi connectivity index (χ4n) is 2.99. The smallest absolute Gasteiger partial charge is 0.158 e. The lowest BCUT2D eigenvalue weighted by Gasteiger charge is -2.27. The molecule has 0 spiro atoms. The Kier molecular flexibility index (Phi) is 9.46. The monoisotopic (exact) mass is 374 g/mol. The van der Waals surface area contributed by atoms with Crippen molar-refractivity contribution in [3.8, 4) is 0 Å². The molecule has 1 aliphatic heterocycles. The summed E-state index contributed by atoms with van der Waals surface area (Å²) in [6.07, 6.45) is 13.9. The van der Waals surface area contributed by atoms with Crippen LogP contribution in [-0.2, 0) is 20.3 Å². The molecule has 0 N–H and O–H groups in total. The van der Waals surface area contributed by atoms with Crippen LogP contribution in [0.1, 0.15) is 63.2 Å². The molecular weight excluding hydrogens is 344 g/mol. The van der Waals surface area contributed by atoms with Crippen molar-refractivity contribution in [2.75, 3.05) is 19.1 Å². The van der Waals surface area contributed by atoms with Crippen molar-refractivity contribution in [1.82, 2.24) is 0 Å². The highest BCUT2D eigenvalue weighted by Gasteiger charge is 2.22. The van der Waals surface area contributed by atoms with E-state index in [1.807, 2.05) is 18.4 Å². The first-order valence-corrected chi connectivity index (χ1v) is 11.8. The minimum absolute atomic E-state index is 0.0280. The first-order chi connectivity index (χ1) is 11.7. The molecule has 1 aromatic heterocycles. The Morgan fingerprint density at radius 1 is 1.33 bits per heavy atom. The molecule has 0 amide bonds. The number of hydrogen-bond acceptors (Lipinski definition) is 5. The van der Waals surface area contributed by atoms with Gasteiger partial charge < -0.3 is 13.9 Å². The van der Waals surface area contributed by atoms with Gasteiger partial charge in [-0.1, -0.05) is 19.3 Å². The highest BCUT2D eigenvalue weighted by Crippen LogP contribution is 2.29. The molecule has 138 valence electrons. The summed E-state index contributed by atoms with van der Waals surface area (Å²) in [7, 11) is -0.740. The molecule has 0 saturated carbocycles. The van der Waals surface area contributed by atoms with Gasteiger partial charge in [0.05, 0.1) is 10.8 Å². The Bertz CT molecular complexity index is 458. The molecule has 0 radical (unpaired) electrons. The molecule has 4 unspecified atom stereocenters. The van der Waals surface area contributed by atoms with Crippen molar-refractivity contribution in [2.24, 2.45) is 0 Å². The Hall–Kier alpha value is -0.300. The van der Waals surface area contributed by atoms with Crippen LogP contribution < -0.4 is 0 Å². The van der Waals surface area contributed by atoms with Crippen molar-refractivity contribution >= 4 is 22.6 Å². The van der Waals surface area contributed by atoms with Crippen LogP contribution in [-0.4, -0.2) is 34.2 Å². The number of unbranched alkanes of at least 4 members (excludes halogenated alkanes) is 2. The fraction of sp³-hybridized carbons (Fsp3) is 0.778. The second-order valence-electron chi connectivity index (χ2n) is 6.24. The van der Waals surface area contributed by atoms with E-state index in [9.17, 15) is 4.21 Å². The number of rotatable bonds is 11. The normalized spacial score (nSPS) is 22.2. The lowest BCUT2D eigenvalue weighted by Crippen LogP contribution is -2.24. The van der Waals surface area contributed by atoms with E-state index < -0.39 is 10.8 Å². The average Bonchev–Trinajstić information content (AvgIpc) is 3.12. The predicted octanol–water partition coefficient (Wildman–Crippen LogP) is 4.88. The van der Waals surface area contributed by atoms with E-state index >= 15 is 0 Å². The first kappa shape index (κ1) is 20.0. The molecule has 2 rings (SSSR count). The van der Waals surface area contributed by atoms with Gasteiger partial charge in [-0.25, -0.2) is 0 Å². The van der Waals surface area contributed by atoms with Gasteiger partial charge in [-0.15, -0.1) is 11.8 Å². The number of thioether (sulfide) groups is 1. The fourth-order valence-corrected chi connectivity index (χ4v) is 4.98. The van der Waals surface area contributed by atoms with Crippen molar-refractivity contribution < 1.29 is 18.1 Å². The average molecular weight is 375 g/mol. The summed E-state index contributed by atoms with van der Waals surface area (Å²) in [5.74, 6) is 0.890. The van der Waals surface area contributed by atoms with Crippen LogP contribution in [0.5, 0.6) is 0 Å². The Labute approximate surface area is 152 Å². The molecule has 24 heavy (non-hydrogen) atoms. The Morgan fingerprint density at radius 2 is 2.17 bits per heavy atom. The molecule has 1 saturated heterocycles. The maximum absolute atomic E-state index is 11.6. The molecule has 4 atom stereocenters. The lowest BCUT2D eigenvalue weighted by molar-refractivity contribution is -0.194. The molecule has 0 aromatic carbocycles. The van der Waals surface area contributed by atoms with Crippen molar-refractivity contribution in [2.45, 2.75) is 68.3 Å². The van der Waals surface area contributed by atoms with Gasteiger partial charge in [0.15, 0.2) is 6.29 Å². The van der Waals surface area contributed by atoms with Crippen LogP contribution in [0.15, 0.2) is 22.8 Å². The standard InChI is InChI=1S/C18H30O4S2/c1-23-18(24(2)19)12-5-3-4-9-16(15-10-8-14-20-15)22-17-11-6-7-13-21-17/h8,10,14,16-18H,3-7,9,11-13H2,1-2H3. The van der Waals surface area contributed by atoms with Crippen LogP contribution in [0.4, 0.5) is 0 Å². The lowest BCUT2D eigenvalue weighted by atomic mass is 10.1. The van der Waals surface area contributed by atoms with Gasteiger partial charge in [0.2, 0.25) is 0 Å². The summed E-state index contributed by atoms with van der Waals surface area (Å²) in [5.41, 5.74) is 0. The van der Waals surface area contributed by atoms with E-state index in [1.54, 1.807) is 24.3 Å². The molecule has 0 aliphatic carbocycles. The van der Waals surface area contributed by atoms with Crippen LogP contribution in [0.3, 0.4) is 0 Å². The van der Waals surface area contributed by atoms with Crippen molar-refractivity contribution in [3.05, 3.63) is 24.2 Å². The summed E-state index contributed by atoms with van der Waals surface area (Å²) in [6.45, 7) is 0.791. The van der Waals surface area contributed by atoms with Gasteiger partial charge >= 0.3 is 0 Å². The number of ether oxygens (including phenoxy) is 2. The van der Waals surface area contributed by atoms with E-state index in [0.717, 1.165) is 57.3 Å². The third-order valence-electron chi connectivity index (χ3n) is 4.35. The summed E-state index contributed by atoms with van der Waals surface area (Å²) in [5, 5.41) is 0. The minimum Gasteiger partial charge on any atom is -0.467 e. The van der Waals surface area contributed by atoms with E-state index in [-0.39, 0.29) is 17.0 Å². The van der Waals surface area contributed by atoms with Crippen LogP contribution in [0.2, 0.25) is 0 Å². The molecule has 1 fully saturated rings. The third-order valence-corrected chi connectivity index (χ3v) is 7.48. The maximum atomic E-state index is 11.6. The van der Waals surface area contributed by atoms with E-state index in [1.165, 1.54) is 6.42 Å². The molecule has 2 heterocycles. The van der Waals surface area contributed by atoms with Crippen LogP contribution in [0.25, 0.3) is 0 Å². The summed E-state index contributed by atoms with van der Waals surface area (Å²) in [4.78, 5) is 0. The largest absolute Gasteiger partial charge is 0.467 e. The van der Waals surface area contributed by atoms with Crippen LogP contribution >= 0.6 is 11.8 Å². The molecule has 4 nitrogen and oxygen atoms in total. The number of furan rings is 1. The van der Waals surface area contributed by atoms with E-state index in [4.69, 9.17) is 13.9 Å². The zero-order chi connectivity index (χ0) is 17.2. The molecule has 0 bridgehead atoms.